The highest BCUT2D eigenvalue weighted by molar-refractivity contribution is 5.97. The van der Waals surface area contributed by atoms with Gasteiger partial charge >= 0.3 is 0 Å². The normalized spacial score (nSPS) is 24.7. The number of carbonyl (C=O) groups excluding carboxylic acids is 2. The van der Waals surface area contributed by atoms with Crippen LogP contribution < -0.4 is 20.9 Å². The summed E-state index contributed by atoms with van der Waals surface area (Å²) in [5.41, 5.74) is 3.57. The molecule has 4 atom stereocenters. The number of hydrogen-bond donors (Lipinski definition) is 3. The van der Waals surface area contributed by atoms with Crippen LogP contribution in [0.2, 0.25) is 0 Å². The first-order valence-electron chi connectivity index (χ1n) is 10.6. The van der Waals surface area contributed by atoms with Gasteiger partial charge in [-0.15, -0.1) is 0 Å². The lowest BCUT2D eigenvalue weighted by Gasteiger charge is -2.45. The average molecular weight is 408 g/mol. The molecule has 0 bridgehead atoms. The molecule has 1 aromatic heterocycles. The Labute approximate surface area is 177 Å². The number of fused-ring (bicyclic) bond motifs is 1. The van der Waals surface area contributed by atoms with Gasteiger partial charge in [0, 0.05) is 56.0 Å². The highest BCUT2D eigenvalue weighted by Crippen LogP contribution is 2.43. The van der Waals surface area contributed by atoms with E-state index in [1.807, 2.05) is 29.3 Å². The third kappa shape index (κ3) is 3.65. The maximum Gasteiger partial charge on any atom is 0.251 e. The number of anilines is 2. The molecule has 2 aromatic rings. The largest absolute Gasteiger partial charge is 0.363 e. The van der Waals surface area contributed by atoms with Crippen LogP contribution >= 0.6 is 0 Å². The Morgan fingerprint density at radius 2 is 2.03 bits per heavy atom. The van der Waals surface area contributed by atoms with E-state index in [9.17, 15) is 9.59 Å². The summed E-state index contributed by atoms with van der Waals surface area (Å²) >= 11 is 0. The van der Waals surface area contributed by atoms with Gasteiger partial charge in [0.05, 0.1) is 6.04 Å². The Kier molecular flexibility index (Phi) is 5.47. The van der Waals surface area contributed by atoms with Crippen LogP contribution in [0.4, 0.5) is 11.5 Å². The van der Waals surface area contributed by atoms with Gasteiger partial charge in [0.15, 0.2) is 0 Å². The maximum absolute atomic E-state index is 12.5. The predicted octanol–water partition coefficient (Wildman–Crippen LogP) is 3.02. The van der Waals surface area contributed by atoms with E-state index in [1.165, 1.54) is 5.56 Å². The van der Waals surface area contributed by atoms with Crippen molar-refractivity contribution >= 4 is 23.3 Å². The molecule has 2 aliphatic rings. The Bertz CT molecular complexity index is 955. The molecule has 3 N–H and O–H groups in total. The van der Waals surface area contributed by atoms with Crippen molar-refractivity contribution in [2.45, 2.75) is 45.3 Å². The van der Waals surface area contributed by atoms with Crippen molar-refractivity contribution in [3.63, 3.8) is 0 Å². The van der Waals surface area contributed by atoms with Gasteiger partial charge in [-0.05, 0) is 41.8 Å². The lowest BCUT2D eigenvalue weighted by Crippen LogP contribution is -2.49. The van der Waals surface area contributed by atoms with Gasteiger partial charge in [0.2, 0.25) is 5.91 Å². The van der Waals surface area contributed by atoms with Gasteiger partial charge in [-0.1, -0.05) is 19.9 Å². The molecule has 1 saturated heterocycles. The summed E-state index contributed by atoms with van der Waals surface area (Å²) in [5, 5.41) is 9.55. The number of aromatic nitrogens is 1. The molecule has 158 valence electrons. The molecule has 1 aromatic carbocycles. The quantitative estimate of drug-likeness (QED) is 0.662. The third-order valence-corrected chi connectivity index (χ3v) is 6.23. The highest BCUT2D eigenvalue weighted by atomic mass is 16.2. The number of nitrogens with one attached hydrogen (secondary N) is 3. The average Bonchev–Trinajstić information content (AvgIpc) is 3.60. The highest BCUT2D eigenvalue weighted by Gasteiger charge is 2.40. The Hall–Kier alpha value is -2.93. The first-order valence-corrected chi connectivity index (χ1v) is 10.6. The minimum Gasteiger partial charge on any atom is -0.363 e. The van der Waals surface area contributed by atoms with E-state index in [0.717, 1.165) is 30.0 Å². The molecule has 0 saturated carbocycles. The van der Waals surface area contributed by atoms with E-state index in [-0.39, 0.29) is 29.8 Å². The van der Waals surface area contributed by atoms with Crippen molar-refractivity contribution in [3.8, 4) is 0 Å². The lowest BCUT2D eigenvalue weighted by atomic mass is 9.80. The molecule has 7 heteroatoms. The van der Waals surface area contributed by atoms with E-state index >= 15 is 0 Å². The predicted molar refractivity (Wildman–Crippen MR) is 118 cm³/mol. The first kappa shape index (κ1) is 20.3. The van der Waals surface area contributed by atoms with E-state index in [2.05, 4.69) is 40.8 Å². The summed E-state index contributed by atoms with van der Waals surface area (Å²) in [6.45, 7) is 6.86. The molecule has 3 heterocycles. The Morgan fingerprint density at radius 1 is 1.27 bits per heavy atom. The van der Waals surface area contributed by atoms with Crippen LogP contribution in [0, 0.1) is 5.92 Å². The lowest BCUT2D eigenvalue weighted by molar-refractivity contribution is -0.117. The van der Waals surface area contributed by atoms with Crippen molar-refractivity contribution in [1.29, 1.82) is 0 Å². The SMILES string of the molecule is CC[C@H]1[C@H](C)[C@@H](Nc2ccc(C3CN3)cn2)c2cc(C(=O)NC)ccc2N1C(C)=O. The second kappa shape index (κ2) is 8.07. The molecule has 30 heavy (non-hydrogen) atoms. The second-order valence-electron chi connectivity index (χ2n) is 8.14. The molecule has 2 amide bonds. The van der Waals surface area contributed by atoms with Crippen LogP contribution in [0.5, 0.6) is 0 Å². The Balaban J connectivity index is 1.74. The summed E-state index contributed by atoms with van der Waals surface area (Å²) in [4.78, 5) is 31.3. The van der Waals surface area contributed by atoms with Gasteiger partial charge in [-0.3, -0.25) is 9.59 Å². The van der Waals surface area contributed by atoms with Crippen LogP contribution in [0.3, 0.4) is 0 Å². The van der Waals surface area contributed by atoms with Crippen LogP contribution in [0.1, 0.15) is 60.8 Å². The Morgan fingerprint density at radius 3 is 2.60 bits per heavy atom. The van der Waals surface area contributed by atoms with Crippen LogP contribution in [0.15, 0.2) is 36.5 Å². The molecular weight excluding hydrogens is 378 g/mol. The fraction of sp³-hybridized carbons (Fsp3) is 0.435. The molecule has 1 unspecified atom stereocenters. The monoisotopic (exact) mass is 407 g/mol. The standard InChI is InChI=1S/C23H29N5O2/c1-5-19-13(2)22(27-21-9-7-16(11-26-21)18-12-25-18)17-10-15(23(30)24-4)6-8-20(17)28(19)14(3)29/h6-11,13,18-19,22,25H,5,12H2,1-4H3,(H,24,30)(H,26,27)/t13-,18?,19-,22+/m0/s1. The number of pyridine rings is 1. The van der Waals surface area contributed by atoms with Crippen LogP contribution in [-0.4, -0.2) is 36.4 Å². The summed E-state index contributed by atoms with van der Waals surface area (Å²) < 4.78 is 0. The maximum atomic E-state index is 12.5. The van der Waals surface area contributed by atoms with Crippen molar-refractivity contribution in [2.24, 2.45) is 5.92 Å². The van der Waals surface area contributed by atoms with Gasteiger partial charge < -0.3 is 20.9 Å². The first-order chi connectivity index (χ1) is 14.4. The molecule has 0 aliphatic carbocycles. The zero-order chi connectivity index (χ0) is 21.4. The van der Waals surface area contributed by atoms with Crippen molar-refractivity contribution in [3.05, 3.63) is 53.2 Å². The number of amides is 2. The zero-order valence-electron chi connectivity index (χ0n) is 17.9. The molecule has 1 fully saturated rings. The minimum absolute atomic E-state index is 0.0144. The number of benzene rings is 1. The van der Waals surface area contributed by atoms with E-state index in [1.54, 1.807) is 20.0 Å². The summed E-state index contributed by atoms with van der Waals surface area (Å²) in [6.07, 6.45) is 2.75. The number of nitrogens with zero attached hydrogens (tertiary/aromatic N) is 2. The summed E-state index contributed by atoms with van der Waals surface area (Å²) in [6, 6.07) is 10.1. The fourth-order valence-corrected chi connectivity index (χ4v) is 4.55. The topological polar surface area (TPSA) is 96.3 Å². The molecular formula is C23H29N5O2. The van der Waals surface area contributed by atoms with Crippen LogP contribution in [0.25, 0.3) is 0 Å². The number of rotatable bonds is 5. The van der Waals surface area contributed by atoms with Gasteiger partial charge in [0.1, 0.15) is 5.82 Å². The van der Waals surface area contributed by atoms with Crippen molar-refractivity contribution < 1.29 is 9.59 Å². The van der Waals surface area contributed by atoms with Crippen molar-refractivity contribution in [1.82, 2.24) is 15.6 Å². The van der Waals surface area contributed by atoms with Gasteiger partial charge in [-0.2, -0.15) is 0 Å². The zero-order valence-corrected chi connectivity index (χ0v) is 17.9. The molecule has 2 aliphatic heterocycles. The second-order valence-corrected chi connectivity index (χ2v) is 8.14. The molecule has 7 nitrogen and oxygen atoms in total. The van der Waals surface area contributed by atoms with Gasteiger partial charge in [-0.25, -0.2) is 4.98 Å². The van der Waals surface area contributed by atoms with E-state index in [0.29, 0.717) is 11.6 Å². The third-order valence-electron chi connectivity index (χ3n) is 6.23. The minimum atomic E-state index is -0.143. The molecule has 0 radical (unpaired) electrons. The van der Waals surface area contributed by atoms with Crippen molar-refractivity contribution in [2.75, 3.05) is 23.8 Å². The molecule has 0 spiro atoms. The van der Waals surface area contributed by atoms with Crippen LogP contribution in [-0.2, 0) is 4.79 Å². The smallest absolute Gasteiger partial charge is 0.251 e. The summed E-state index contributed by atoms with van der Waals surface area (Å²) in [5.74, 6) is 0.799. The fourth-order valence-electron chi connectivity index (χ4n) is 4.55. The summed E-state index contributed by atoms with van der Waals surface area (Å²) in [7, 11) is 1.62. The molecule has 4 rings (SSSR count). The van der Waals surface area contributed by atoms with Gasteiger partial charge in [0.25, 0.3) is 5.91 Å². The number of hydrogen-bond acceptors (Lipinski definition) is 5. The van der Waals surface area contributed by atoms with E-state index in [4.69, 9.17) is 0 Å². The van der Waals surface area contributed by atoms with E-state index < -0.39 is 0 Å². The number of carbonyl (C=O) groups is 2.